The molecule has 0 unspecified atom stereocenters. The number of hydrogen-bond acceptors (Lipinski definition) is 3. The zero-order valence-corrected chi connectivity index (χ0v) is 13.2. The van der Waals surface area contributed by atoms with Crippen molar-refractivity contribution in [2.24, 2.45) is 0 Å². The van der Waals surface area contributed by atoms with E-state index in [1.807, 2.05) is 55.1 Å². The van der Waals surface area contributed by atoms with Gasteiger partial charge in [0.15, 0.2) is 6.61 Å². The second-order valence-corrected chi connectivity index (χ2v) is 5.13. The number of aryl methyl sites for hydroxylation is 1. The lowest BCUT2D eigenvalue weighted by Crippen LogP contribution is -2.36. The van der Waals surface area contributed by atoms with Crippen molar-refractivity contribution >= 4 is 5.91 Å². The lowest BCUT2D eigenvalue weighted by molar-refractivity contribution is -0.133. The van der Waals surface area contributed by atoms with Gasteiger partial charge in [-0.2, -0.15) is 0 Å². The molecule has 116 valence electrons. The second kappa shape index (κ2) is 8.17. The van der Waals surface area contributed by atoms with E-state index in [0.29, 0.717) is 13.1 Å². The Balaban J connectivity index is 1.85. The number of ether oxygens (including phenoxy) is 1. The van der Waals surface area contributed by atoms with Gasteiger partial charge in [-0.15, -0.1) is 0 Å². The van der Waals surface area contributed by atoms with Crippen molar-refractivity contribution in [2.45, 2.75) is 20.3 Å². The molecule has 2 rings (SSSR count). The van der Waals surface area contributed by atoms with Crippen LogP contribution in [0.2, 0.25) is 0 Å². The lowest BCUT2D eigenvalue weighted by atomic mass is 10.2. The number of para-hydroxylation sites is 1. The van der Waals surface area contributed by atoms with Gasteiger partial charge in [0.25, 0.3) is 5.91 Å². The highest BCUT2D eigenvalue weighted by Crippen LogP contribution is 2.16. The molecule has 0 aliphatic heterocycles. The molecule has 1 aromatic heterocycles. The number of carbonyl (C=O) groups is 1. The molecule has 0 radical (unpaired) electrons. The van der Waals surface area contributed by atoms with E-state index in [9.17, 15) is 4.79 Å². The number of likely N-dealkylation sites (N-methyl/N-ethyl adjacent to an activating group) is 1. The summed E-state index contributed by atoms with van der Waals surface area (Å²) in [6.45, 7) is 5.41. The van der Waals surface area contributed by atoms with Crippen LogP contribution in [-0.2, 0) is 11.2 Å². The summed E-state index contributed by atoms with van der Waals surface area (Å²) in [5, 5.41) is 0. The Labute approximate surface area is 131 Å². The molecule has 0 bridgehead atoms. The Bertz CT molecular complexity index is 599. The maximum absolute atomic E-state index is 12.3. The van der Waals surface area contributed by atoms with Gasteiger partial charge < -0.3 is 9.64 Å². The summed E-state index contributed by atoms with van der Waals surface area (Å²) in [5.41, 5.74) is 2.22. The molecule has 0 aliphatic carbocycles. The minimum absolute atomic E-state index is 0.0137. The molecule has 0 aliphatic rings. The van der Waals surface area contributed by atoms with Crippen LogP contribution in [0.3, 0.4) is 0 Å². The van der Waals surface area contributed by atoms with Gasteiger partial charge in [-0.3, -0.25) is 9.78 Å². The average molecular weight is 298 g/mol. The van der Waals surface area contributed by atoms with Gasteiger partial charge in [-0.05, 0) is 49.6 Å². The van der Waals surface area contributed by atoms with E-state index in [1.54, 1.807) is 12.4 Å². The third kappa shape index (κ3) is 4.58. The van der Waals surface area contributed by atoms with Crippen LogP contribution in [0.15, 0.2) is 48.8 Å². The fraction of sp³-hybridized carbons (Fsp3) is 0.333. The Morgan fingerprint density at radius 2 is 1.91 bits per heavy atom. The highest BCUT2D eigenvalue weighted by Gasteiger charge is 2.12. The van der Waals surface area contributed by atoms with Crippen molar-refractivity contribution in [2.75, 3.05) is 19.7 Å². The molecule has 22 heavy (non-hydrogen) atoms. The van der Waals surface area contributed by atoms with Crippen LogP contribution in [0.25, 0.3) is 0 Å². The number of carbonyl (C=O) groups excluding carboxylic acids is 1. The summed E-state index contributed by atoms with van der Waals surface area (Å²) in [5.74, 6) is 0.779. The maximum Gasteiger partial charge on any atom is 0.260 e. The van der Waals surface area contributed by atoms with Crippen LogP contribution in [0.1, 0.15) is 18.1 Å². The van der Waals surface area contributed by atoms with E-state index in [1.165, 1.54) is 5.56 Å². The van der Waals surface area contributed by atoms with Gasteiger partial charge in [0.05, 0.1) is 0 Å². The molecule has 2 aromatic rings. The molecule has 0 saturated carbocycles. The summed E-state index contributed by atoms with van der Waals surface area (Å²) < 4.78 is 5.63. The molecule has 1 aromatic carbocycles. The van der Waals surface area contributed by atoms with Crippen LogP contribution in [0.5, 0.6) is 5.75 Å². The van der Waals surface area contributed by atoms with Crippen LogP contribution in [0, 0.1) is 6.92 Å². The highest BCUT2D eigenvalue weighted by molar-refractivity contribution is 5.77. The number of pyridine rings is 1. The van der Waals surface area contributed by atoms with E-state index in [-0.39, 0.29) is 12.5 Å². The quantitative estimate of drug-likeness (QED) is 0.789. The van der Waals surface area contributed by atoms with Crippen molar-refractivity contribution in [3.8, 4) is 5.75 Å². The first kappa shape index (κ1) is 16.0. The summed E-state index contributed by atoms with van der Waals surface area (Å²) >= 11 is 0. The molecule has 0 atom stereocenters. The standard InChI is InChI=1S/C18H22N2O2/c1-3-20(13-10-16-8-11-19-12-9-16)18(21)14-22-17-7-5-4-6-15(17)2/h4-9,11-12H,3,10,13-14H2,1-2H3. The van der Waals surface area contributed by atoms with E-state index >= 15 is 0 Å². The minimum atomic E-state index is 0.0137. The maximum atomic E-state index is 12.3. The summed E-state index contributed by atoms with van der Waals surface area (Å²) in [4.78, 5) is 18.1. The van der Waals surface area contributed by atoms with Crippen LogP contribution >= 0.6 is 0 Å². The molecule has 0 fully saturated rings. The number of rotatable bonds is 7. The van der Waals surface area contributed by atoms with E-state index in [0.717, 1.165) is 17.7 Å². The summed E-state index contributed by atoms with van der Waals surface area (Å²) in [7, 11) is 0. The number of aromatic nitrogens is 1. The molecule has 1 heterocycles. The van der Waals surface area contributed by atoms with E-state index in [2.05, 4.69) is 4.98 Å². The SMILES string of the molecule is CCN(CCc1ccncc1)C(=O)COc1ccccc1C. The Kier molecular flexibility index (Phi) is 5.95. The topological polar surface area (TPSA) is 42.4 Å². The molecular weight excluding hydrogens is 276 g/mol. The van der Waals surface area contributed by atoms with E-state index in [4.69, 9.17) is 4.74 Å². The third-order valence-corrected chi connectivity index (χ3v) is 3.60. The Morgan fingerprint density at radius 3 is 2.59 bits per heavy atom. The first-order valence-corrected chi connectivity index (χ1v) is 7.55. The molecule has 0 spiro atoms. The van der Waals surface area contributed by atoms with Crippen LogP contribution < -0.4 is 4.74 Å². The number of benzene rings is 1. The molecule has 1 amide bonds. The van der Waals surface area contributed by atoms with Gasteiger partial charge >= 0.3 is 0 Å². The predicted octanol–water partition coefficient (Wildman–Crippen LogP) is 2.86. The predicted molar refractivity (Wildman–Crippen MR) is 86.9 cm³/mol. The normalized spacial score (nSPS) is 10.3. The second-order valence-electron chi connectivity index (χ2n) is 5.13. The lowest BCUT2D eigenvalue weighted by Gasteiger charge is -2.21. The van der Waals surface area contributed by atoms with E-state index < -0.39 is 0 Å². The third-order valence-electron chi connectivity index (χ3n) is 3.60. The van der Waals surface area contributed by atoms with Crippen molar-refractivity contribution in [3.63, 3.8) is 0 Å². The van der Waals surface area contributed by atoms with Gasteiger partial charge in [0.1, 0.15) is 5.75 Å². The summed E-state index contributed by atoms with van der Waals surface area (Å²) in [6, 6.07) is 11.7. The van der Waals surface area contributed by atoms with Crippen molar-refractivity contribution in [3.05, 3.63) is 59.9 Å². The van der Waals surface area contributed by atoms with Gasteiger partial charge in [-0.25, -0.2) is 0 Å². The number of amides is 1. The molecular formula is C18H22N2O2. The minimum Gasteiger partial charge on any atom is -0.484 e. The fourth-order valence-electron chi connectivity index (χ4n) is 2.22. The van der Waals surface area contributed by atoms with Crippen LogP contribution in [-0.4, -0.2) is 35.5 Å². The molecule has 0 N–H and O–H groups in total. The number of nitrogens with zero attached hydrogens (tertiary/aromatic N) is 2. The zero-order chi connectivity index (χ0) is 15.8. The highest BCUT2D eigenvalue weighted by atomic mass is 16.5. The monoisotopic (exact) mass is 298 g/mol. The zero-order valence-electron chi connectivity index (χ0n) is 13.2. The van der Waals surface area contributed by atoms with Gasteiger partial charge in [-0.1, -0.05) is 18.2 Å². The van der Waals surface area contributed by atoms with Gasteiger partial charge in [0, 0.05) is 25.5 Å². The molecule has 0 saturated heterocycles. The Morgan fingerprint density at radius 1 is 1.18 bits per heavy atom. The average Bonchev–Trinajstić information content (AvgIpc) is 2.55. The van der Waals surface area contributed by atoms with Crippen molar-refractivity contribution in [1.82, 2.24) is 9.88 Å². The molecule has 4 heteroatoms. The largest absolute Gasteiger partial charge is 0.484 e. The first-order valence-electron chi connectivity index (χ1n) is 7.55. The first-order chi connectivity index (χ1) is 10.7. The van der Waals surface area contributed by atoms with Gasteiger partial charge in [0.2, 0.25) is 0 Å². The number of hydrogen-bond donors (Lipinski definition) is 0. The summed E-state index contributed by atoms with van der Waals surface area (Å²) in [6.07, 6.45) is 4.37. The Hall–Kier alpha value is -2.36. The van der Waals surface area contributed by atoms with Crippen molar-refractivity contribution < 1.29 is 9.53 Å². The smallest absolute Gasteiger partial charge is 0.260 e. The fourth-order valence-corrected chi connectivity index (χ4v) is 2.22. The molecule has 4 nitrogen and oxygen atoms in total. The van der Waals surface area contributed by atoms with Crippen LogP contribution in [0.4, 0.5) is 0 Å². The van der Waals surface area contributed by atoms with Crippen molar-refractivity contribution in [1.29, 1.82) is 0 Å².